The smallest absolute Gasteiger partial charge is 0.111 e. The molecule has 0 bridgehead atoms. The number of rotatable bonds is 2. The summed E-state index contributed by atoms with van der Waals surface area (Å²) < 4.78 is 5.69. The fraction of sp³-hybridized carbons (Fsp3) is 0.333. The Morgan fingerprint density at radius 1 is 0.960 bits per heavy atom. The van der Waals surface area contributed by atoms with Gasteiger partial charge in [0.25, 0.3) is 0 Å². The number of ether oxygens (including phenoxy) is 1. The standard InChI is InChI=1S/C21H22O4/c1-14-2-4-15(5-3-14)6-7-16-8-10-17(11-9-16)21-20(24)19(23)12-18(13-22)25-21/h2-5,8-11,18-24H,12-13H2,1H3/t18?,19?,20?,21-/m1/s1. The van der Waals surface area contributed by atoms with Crippen molar-refractivity contribution in [1.82, 2.24) is 0 Å². The molecule has 0 radical (unpaired) electrons. The highest BCUT2D eigenvalue weighted by atomic mass is 16.5. The summed E-state index contributed by atoms with van der Waals surface area (Å²) in [6.45, 7) is 1.86. The molecule has 3 N–H and O–H groups in total. The number of hydrogen-bond acceptors (Lipinski definition) is 4. The van der Waals surface area contributed by atoms with E-state index in [4.69, 9.17) is 4.74 Å². The third kappa shape index (κ3) is 4.28. The van der Waals surface area contributed by atoms with Crippen molar-refractivity contribution in [3.05, 3.63) is 70.8 Å². The maximum Gasteiger partial charge on any atom is 0.111 e. The van der Waals surface area contributed by atoms with Gasteiger partial charge in [-0.05, 0) is 36.8 Å². The van der Waals surface area contributed by atoms with Gasteiger partial charge < -0.3 is 20.1 Å². The van der Waals surface area contributed by atoms with Crippen LogP contribution < -0.4 is 0 Å². The molecule has 2 aromatic rings. The third-order valence-corrected chi connectivity index (χ3v) is 4.39. The van der Waals surface area contributed by atoms with Crippen LogP contribution in [0.25, 0.3) is 0 Å². The number of hydrogen-bond donors (Lipinski definition) is 3. The Balaban J connectivity index is 1.75. The SMILES string of the molecule is Cc1ccc(C#Cc2ccc([C@H]3OC(CO)CC(O)C3O)cc2)cc1. The van der Waals surface area contributed by atoms with E-state index in [1.54, 1.807) is 0 Å². The van der Waals surface area contributed by atoms with E-state index < -0.39 is 24.4 Å². The summed E-state index contributed by atoms with van der Waals surface area (Å²) in [5, 5.41) is 29.4. The molecule has 4 heteroatoms. The molecular weight excluding hydrogens is 316 g/mol. The Labute approximate surface area is 147 Å². The van der Waals surface area contributed by atoms with Crippen molar-refractivity contribution in [3.63, 3.8) is 0 Å². The van der Waals surface area contributed by atoms with Gasteiger partial charge in [-0.15, -0.1) is 0 Å². The van der Waals surface area contributed by atoms with Crippen LogP contribution in [0.4, 0.5) is 0 Å². The summed E-state index contributed by atoms with van der Waals surface area (Å²) in [6, 6.07) is 15.4. The van der Waals surface area contributed by atoms with Crippen molar-refractivity contribution in [3.8, 4) is 11.8 Å². The lowest BCUT2D eigenvalue weighted by Gasteiger charge is -2.36. The van der Waals surface area contributed by atoms with Gasteiger partial charge >= 0.3 is 0 Å². The average Bonchev–Trinajstić information content (AvgIpc) is 2.64. The summed E-state index contributed by atoms with van der Waals surface area (Å²) in [5.74, 6) is 6.22. The quantitative estimate of drug-likeness (QED) is 0.732. The van der Waals surface area contributed by atoms with Crippen LogP contribution in [0.5, 0.6) is 0 Å². The Morgan fingerprint density at radius 3 is 2.08 bits per heavy atom. The molecule has 4 nitrogen and oxygen atoms in total. The van der Waals surface area contributed by atoms with Crippen LogP contribution in [0, 0.1) is 18.8 Å². The lowest BCUT2D eigenvalue weighted by Crippen LogP contribution is -2.44. The van der Waals surface area contributed by atoms with Gasteiger partial charge in [-0.25, -0.2) is 0 Å². The van der Waals surface area contributed by atoms with Gasteiger partial charge in [0.1, 0.15) is 12.2 Å². The average molecular weight is 338 g/mol. The predicted molar refractivity (Wildman–Crippen MR) is 94.9 cm³/mol. The van der Waals surface area contributed by atoms with Crippen LogP contribution in [-0.4, -0.2) is 40.2 Å². The number of aliphatic hydroxyl groups excluding tert-OH is 3. The van der Waals surface area contributed by atoms with Gasteiger partial charge in [0, 0.05) is 17.5 Å². The zero-order valence-electron chi connectivity index (χ0n) is 14.1. The maximum atomic E-state index is 10.2. The number of benzene rings is 2. The molecule has 1 heterocycles. The molecule has 3 unspecified atom stereocenters. The summed E-state index contributed by atoms with van der Waals surface area (Å²) in [4.78, 5) is 0. The van der Waals surface area contributed by atoms with Crippen molar-refractivity contribution in [2.24, 2.45) is 0 Å². The van der Waals surface area contributed by atoms with Gasteiger partial charge in [0.15, 0.2) is 0 Å². The van der Waals surface area contributed by atoms with Crippen LogP contribution in [0.1, 0.15) is 34.8 Å². The van der Waals surface area contributed by atoms with Gasteiger partial charge in [-0.2, -0.15) is 0 Å². The predicted octanol–water partition coefficient (Wildman–Crippen LogP) is 1.94. The molecule has 25 heavy (non-hydrogen) atoms. The first kappa shape index (κ1) is 17.7. The van der Waals surface area contributed by atoms with E-state index in [1.807, 2.05) is 55.5 Å². The zero-order valence-corrected chi connectivity index (χ0v) is 14.1. The molecule has 1 aliphatic rings. The van der Waals surface area contributed by atoms with E-state index in [0.717, 1.165) is 16.7 Å². The molecule has 1 saturated heterocycles. The van der Waals surface area contributed by atoms with E-state index in [0.29, 0.717) is 0 Å². The molecule has 0 saturated carbocycles. The summed E-state index contributed by atoms with van der Waals surface area (Å²) in [5.41, 5.74) is 3.76. The Bertz CT molecular complexity index is 755. The van der Waals surface area contributed by atoms with Crippen LogP contribution in [0.3, 0.4) is 0 Å². The molecule has 0 aliphatic carbocycles. The fourth-order valence-corrected chi connectivity index (χ4v) is 2.88. The Hall–Kier alpha value is -2.16. The maximum absolute atomic E-state index is 10.2. The van der Waals surface area contributed by atoms with E-state index in [-0.39, 0.29) is 13.0 Å². The van der Waals surface area contributed by atoms with E-state index in [2.05, 4.69) is 11.8 Å². The Morgan fingerprint density at radius 2 is 1.52 bits per heavy atom. The van der Waals surface area contributed by atoms with Crippen LogP contribution in [0.15, 0.2) is 48.5 Å². The minimum absolute atomic E-state index is 0.180. The van der Waals surface area contributed by atoms with Gasteiger partial charge in [0.05, 0.1) is 18.8 Å². The minimum atomic E-state index is -1.01. The van der Waals surface area contributed by atoms with Crippen LogP contribution in [0.2, 0.25) is 0 Å². The first-order valence-electron chi connectivity index (χ1n) is 8.38. The first-order chi connectivity index (χ1) is 12.1. The molecule has 1 fully saturated rings. The normalized spacial score (nSPS) is 25.9. The number of aryl methyl sites for hydroxylation is 1. The van der Waals surface area contributed by atoms with Crippen molar-refractivity contribution >= 4 is 0 Å². The van der Waals surface area contributed by atoms with E-state index in [9.17, 15) is 15.3 Å². The lowest BCUT2D eigenvalue weighted by atomic mass is 9.93. The molecule has 0 aromatic heterocycles. The topological polar surface area (TPSA) is 69.9 Å². The highest BCUT2D eigenvalue weighted by Gasteiger charge is 2.37. The highest BCUT2D eigenvalue weighted by Crippen LogP contribution is 2.31. The number of aliphatic hydroxyl groups is 3. The largest absolute Gasteiger partial charge is 0.394 e. The molecule has 0 amide bonds. The second-order valence-corrected chi connectivity index (χ2v) is 6.39. The first-order valence-corrected chi connectivity index (χ1v) is 8.38. The second-order valence-electron chi connectivity index (χ2n) is 6.39. The van der Waals surface area contributed by atoms with Gasteiger partial charge in [-0.1, -0.05) is 41.7 Å². The zero-order chi connectivity index (χ0) is 17.8. The van der Waals surface area contributed by atoms with Crippen LogP contribution in [-0.2, 0) is 4.74 Å². The molecule has 0 spiro atoms. The summed E-state index contributed by atoms with van der Waals surface area (Å²) >= 11 is 0. The third-order valence-electron chi connectivity index (χ3n) is 4.39. The molecule has 3 rings (SSSR count). The van der Waals surface area contributed by atoms with E-state index >= 15 is 0 Å². The van der Waals surface area contributed by atoms with E-state index in [1.165, 1.54) is 5.56 Å². The lowest BCUT2D eigenvalue weighted by molar-refractivity contribution is -0.179. The molecule has 4 atom stereocenters. The molecular formula is C21H22O4. The molecule has 1 aliphatic heterocycles. The summed E-state index contributed by atoms with van der Waals surface area (Å²) in [7, 11) is 0. The van der Waals surface area contributed by atoms with Gasteiger partial charge in [-0.3, -0.25) is 0 Å². The summed E-state index contributed by atoms with van der Waals surface area (Å²) in [6.07, 6.45) is -2.80. The van der Waals surface area contributed by atoms with Crippen LogP contribution >= 0.6 is 0 Å². The van der Waals surface area contributed by atoms with Gasteiger partial charge in [0.2, 0.25) is 0 Å². The monoisotopic (exact) mass is 338 g/mol. The van der Waals surface area contributed by atoms with Crippen molar-refractivity contribution < 1.29 is 20.1 Å². The molecule has 2 aromatic carbocycles. The van der Waals surface area contributed by atoms with Crippen molar-refractivity contribution in [2.75, 3.05) is 6.61 Å². The fourth-order valence-electron chi connectivity index (χ4n) is 2.88. The molecule has 130 valence electrons. The second kappa shape index (κ2) is 7.81. The van der Waals surface area contributed by atoms with Crippen molar-refractivity contribution in [2.45, 2.75) is 37.8 Å². The minimum Gasteiger partial charge on any atom is -0.394 e. The Kier molecular flexibility index (Phi) is 5.52. The van der Waals surface area contributed by atoms with Crippen molar-refractivity contribution in [1.29, 1.82) is 0 Å². The highest BCUT2D eigenvalue weighted by molar-refractivity contribution is 5.44.